The van der Waals surface area contributed by atoms with Gasteiger partial charge in [0.1, 0.15) is 11.3 Å². The average Bonchev–Trinajstić information content (AvgIpc) is 2.88. The lowest BCUT2D eigenvalue weighted by atomic mass is 10.0. The van der Waals surface area contributed by atoms with Crippen LogP contribution in [0.15, 0.2) is 75.9 Å². The number of hydrogen-bond acceptors (Lipinski definition) is 6. The third kappa shape index (κ3) is 4.57. The highest BCUT2D eigenvalue weighted by molar-refractivity contribution is 6.05. The number of fused-ring (bicyclic) bond motifs is 1. The molecule has 1 aromatic heterocycles. The van der Waals surface area contributed by atoms with Gasteiger partial charge in [0.05, 0.1) is 10.5 Å². The molecule has 0 radical (unpaired) electrons. The van der Waals surface area contributed by atoms with E-state index in [0.29, 0.717) is 28.1 Å². The van der Waals surface area contributed by atoms with Crippen LogP contribution >= 0.6 is 0 Å². The number of anilines is 2. The van der Waals surface area contributed by atoms with E-state index in [1.54, 1.807) is 42.5 Å². The lowest BCUT2D eigenvalue weighted by Crippen LogP contribution is -2.30. The Kier molecular flexibility index (Phi) is 6.25. The molecule has 5 rings (SSSR count). The molecular formula is C28H25N3O5. The van der Waals surface area contributed by atoms with E-state index in [1.807, 2.05) is 30.0 Å². The summed E-state index contributed by atoms with van der Waals surface area (Å²) in [6.07, 6.45) is 3.11. The summed E-state index contributed by atoms with van der Waals surface area (Å²) in [5.74, 6) is -0.444. The largest absolute Gasteiger partial charge is 0.422 e. The van der Waals surface area contributed by atoms with Crippen molar-refractivity contribution in [2.45, 2.75) is 26.2 Å². The SMILES string of the molecule is Cc1cc(NC(=O)c2ccc(N3CCCCC3)c([N+](=O)[O-])c2)ccc1-c1cc2ccccc2oc1=O. The summed E-state index contributed by atoms with van der Waals surface area (Å²) in [5.41, 5.74) is 3.21. The molecule has 0 saturated carbocycles. The van der Waals surface area contributed by atoms with Gasteiger partial charge in [-0.2, -0.15) is 0 Å². The Morgan fingerprint density at radius 3 is 2.50 bits per heavy atom. The van der Waals surface area contributed by atoms with Crippen LogP contribution < -0.4 is 15.8 Å². The van der Waals surface area contributed by atoms with E-state index in [0.717, 1.165) is 43.3 Å². The molecular weight excluding hydrogens is 458 g/mol. The highest BCUT2D eigenvalue weighted by atomic mass is 16.6. The first kappa shape index (κ1) is 23.3. The van der Waals surface area contributed by atoms with Crippen molar-refractivity contribution < 1.29 is 14.1 Å². The fourth-order valence-electron chi connectivity index (χ4n) is 4.71. The molecule has 8 heteroatoms. The van der Waals surface area contributed by atoms with Crippen LogP contribution in [0.5, 0.6) is 0 Å². The summed E-state index contributed by atoms with van der Waals surface area (Å²) in [6, 6.07) is 18.9. The zero-order chi connectivity index (χ0) is 25.2. The van der Waals surface area contributed by atoms with E-state index < -0.39 is 16.5 Å². The Labute approximate surface area is 207 Å². The monoisotopic (exact) mass is 483 g/mol. The summed E-state index contributed by atoms with van der Waals surface area (Å²) in [5, 5.41) is 15.4. The molecule has 0 unspecified atom stereocenters. The molecule has 0 aliphatic carbocycles. The van der Waals surface area contributed by atoms with Gasteiger partial charge in [0.2, 0.25) is 0 Å². The van der Waals surface area contributed by atoms with Crippen LogP contribution in [-0.2, 0) is 0 Å². The van der Waals surface area contributed by atoms with Crippen LogP contribution in [-0.4, -0.2) is 23.9 Å². The molecule has 0 bridgehead atoms. The number of piperidine rings is 1. The fraction of sp³-hybridized carbons (Fsp3) is 0.214. The smallest absolute Gasteiger partial charge is 0.344 e. The van der Waals surface area contributed by atoms with Crippen LogP contribution in [0.3, 0.4) is 0 Å². The number of nitro groups is 1. The number of benzene rings is 3. The van der Waals surface area contributed by atoms with Crippen molar-refractivity contribution in [1.29, 1.82) is 0 Å². The minimum absolute atomic E-state index is 0.0703. The maximum Gasteiger partial charge on any atom is 0.344 e. The summed E-state index contributed by atoms with van der Waals surface area (Å²) >= 11 is 0. The molecule has 1 amide bonds. The highest BCUT2D eigenvalue weighted by Crippen LogP contribution is 2.32. The van der Waals surface area contributed by atoms with Crippen molar-refractivity contribution >= 4 is 33.9 Å². The molecule has 3 aromatic carbocycles. The molecule has 0 spiro atoms. The zero-order valence-corrected chi connectivity index (χ0v) is 19.8. The van der Waals surface area contributed by atoms with Crippen molar-refractivity contribution in [1.82, 2.24) is 0 Å². The third-order valence-electron chi connectivity index (χ3n) is 6.55. The number of amides is 1. The second kappa shape index (κ2) is 9.65. The van der Waals surface area contributed by atoms with E-state index in [9.17, 15) is 19.7 Å². The van der Waals surface area contributed by atoms with Crippen molar-refractivity contribution in [3.8, 4) is 11.1 Å². The van der Waals surface area contributed by atoms with Gasteiger partial charge in [0.15, 0.2) is 0 Å². The standard InChI is InChI=1S/C28H25N3O5/c1-18-15-21(10-11-22(18)23-16-19-7-3-4-8-26(19)36-28(23)33)29-27(32)20-9-12-24(25(17-20)31(34)35)30-13-5-2-6-14-30/h3-4,7-12,15-17H,2,5-6,13-14H2,1H3,(H,29,32). The summed E-state index contributed by atoms with van der Waals surface area (Å²) in [7, 11) is 0. The Hall–Kier alpha value is -4.46. The summed E-state index contributed by atoms with van der Waals surface area (Å²) in [4.78, 5) is 38.8. The van der Waals surface area contributed by atoms with Gasteiger partial charge < -0.3 is 14.6 Å². The van der Waals surface area contributed by atoms with Crippen molar-refractivity contribution in [3.05, 3.63) is 98.4 Å². The Morgan fingerprint density at radius 2 is 1.75 bits per heavy atom. The number of rotatable bonds is 5. The molecule has 1 fully saturated rings. The summed E-state index contributed by atoms with van der Waals surface area (Å²) < 4.78 is 5.45. The molecule has 2 heterocycles. The van der Waals surface area contributed by atoms with Crippen molar-refractivity contribution in [2.24, 2.45) is 0 Å². The molecule has 1 aliphatic rings. The average molecular weight is 484 g/mol. The number of nitrogens with one attached hydrogen (secondary N) is 1. The minimum atomic E-state index is -0.444. The van der Waals surface area contributed by atoms with Crippen LogP contribution in [0, 0.1) is 17.0 Å². The predicted octanol–water partition coefficient (Wildman–Crippen LogP) is 5.92. The molecule has 1 N–H and O–H groups in total. The molecule has 0 atom stereocenters. The van der Waals surface area contributed by atoms with Crippen LogP contribution in [0.2, 0.25) is 0 Å². The molecule has 4 aromatic rings. The van der Waals surface area contributed by atoms with Gasteiger partial charge in [-0.15, -0.1) is 0 Å². The number of para-hydroxylation sites is 1. The van der Waals surface area contributed by atoms with Gasteiger partial charge >= 0.3 is 5.63 Å². The lowest BCUT2D eigenvalue weighted by molar-refractivity contribution is -0.384. The fourth-order valence-corrected chi connectivity index (χ4v) is 4.71. The van der Waals surface area contributed by atoms with Crippen molar-refractivity contribution in [2.75, 3.05) is 23.3 Å². The number of carbonyl (C=O) groups excluding carboxylic acids is 1. The molecule has 36 heavy (non-hydrogen) atoms. The first-order chi connectivity index (χ1) is 17.4. The van der Waals surface area contributed by atoms with Gasteiger partial charge in [-0.25, -0.2) is 4.79 Å². The molecule has 8 nitrogen and oxygen atoms in total. The number of hydrogen-bond donors (Lipinski definition) is 1. The summed E-state index contributed by atoms with van der Waals surface area (Å²) in [6.45, 7) is 3.39. The Balaban J connectivity index is 1.39. The number of aryl methyl sites for hydroxylation is 1. The van der Waals surface area contributed by atoms with E-state index in [-0.39, 0.29) is 11.3 Å². The topological polar surface area (TPSA) is 106 Å². The lowest BCUT2D eigenvalue weighted by Gasteiger charge is -2.28. The second-order valence-electron chi connectivity index (χ2n) is 8.98. The van der Waals surface area contributed by atoms with Gasteiger partial charge in [-0.1, -0.05) is 24.3 Å². The number of carbonyl (C=O) groups is 1. The zero-order valence-electron chi connectivity index (χ0n) is 19.8. The normalized spacial score (nSPS) is 13.5. The van der Waals surface area contributed by atoms with E-state index >= 15 is 0 Å². The second-order valence-corrected chi connectivity index (χ2v) is 8.98. The minimum Gasteiger partial charge on any atom is -0.422 e. The maximum absolute atomic E-state index is 12.9. The van der Waals surface area contributed by atoms with Crippen LogP contribution in [0.25, 0.3) is 22.1 Å². The number of nitrogens with zero attached hydrogens (tertiary/aromatic N) is 2. The van der Waals surface area contributed by atoms with Gasteiger partial charge in [0.25, 0.3) is 11.6 Å². The number of nitro benzene ring substituents is 1. The van der Waals surface area contributed by atoms with E-state index in [2.05, 4.69) is 5.32 Å². The van der Waals surface area contributed by atoms with Crippen LogP contribution in [0.1, 0.15) is 35.2 Å². The quantitative estimate of drug-likeness (QED) is 0.215. The molecule has 1 saturated heterocycles. The first-order valence-electron chi connectivity index (χ1n) is 11.9. The van der Waals surface area contributed by atoms with Crippen molar-refractivity contribution in [3.63, 3.8) is 0 Å². The third-order valence-corrected chi connectivity index (χ3v) is 6.55. The van der Waals surface area contributed by atoms with E-state index in [4.69, 9.17) is 4.42 Å². The van der Waals surface area contributed by atoms with Gasteiger partial charge in [-0.05, 0) is 73.7 Å². The van der Waals surface area contributed by atoms with Gasteiger partial charge in [-0.3, -0.25) is 14.9 Å². The first-order valence-corrected chi connectivity index (χ1v) is 11.9. The maximum atomic E-state index is 12.9. The predicted molar refractivity (Wildman–Crippen MR) is 140 cm³/mol. The molecule has 1 aliphatic heterocycles. The van der Waals surface area contributed by atoms with Gasteiger partial charge in [0, 0.05) is 35.8 Å². The molecule has 182 valence electrons. The van der Waals surface area contributed by atoms with E-state index in [1.165, 1.54) is 6.07 Å². The Morgan fingerprint density at radius 1 is 0.972 bits per heavy atom. The van der Waals surface area contributed by atoms with Crippen LogP contribution in [0.4, 0.5) is 17.1 Å². The highest BCUT2D eigenvalue weighted by Gasteiger charge is 2.23. The Bertz CT molecular complexity index is 1540.